The predicted octanol–water partition coefficient (Wildman–Crippen LogP) is 3.01. The van der Waals surface area contributed by atoms with Crippen LogP contribution in [0, 0.1) is 5.92 Å². The van der Waals surface area contributed by atoms with Gasteiger partial charge in [0.1, 0.15) is 0 Å². The molecule has 1 heterocycles. The molecule has 0 spiro atoms. The molecule has 0 fully saturated rings. The van der Waals surface area contributed by atoms with Gasteiger partial charge in [-0.25, -0.2) is 0 Å². The summed E-state index contributed by atoms with van der Waals surface area (Å²) in [6.45, 7) is 8.64. The van der Waals surface area contributed by atoms with E-state index in [1.165, 1.54) is 11.3 Å². The molecule has 0 saturated carbocycles. The van der Waals surface area contributed by atoms with Gasteiger partial charge in [0.15, 0.2) is 0 Å². The zero-order chi connectivity index (χ0) is 13.7. The van der Waals surface area contributed by atoms with Crippen LogP contribution in [0.15, 0.2) is 11.4 Å². The minimum absolute atomic E-state index is 0.0235. The van der Waals surface area contributed by atoms with Gasteiger partial charge >= 0.3 is 0 Å². The molecule has 3 nitrogen and oxygen atoms in total. The van der Waals surface area contributed by atoms with E-state index in [0.717, 1.165) is 10.4 Å². The normalized spacial score (nSPS) is 13.1. The predicted molar refractivity (Wildman–Crippen MR) is 76.2 cm³/mol. The maximum Gasteiger partial charge on any atom is 0.261 e. The molecule has 0 aromatic carbocycles. The van der Waals surface area contributed by atoms with Crippen LogP contribution in [0.2, 0.25) is 0 Å². The van der Waals surface area contributed by atoms with Gasteiger partial charge in [0.2, 0.25) is 0 Å². The SMILES string of the molecule is CC(C)c1ccsc1C(=O)NCCC(O)C(C)C. The van der Waals surface area contributed by atoms with Crippen LogP contribution in [-0.4, -0.2) is 23.7 Å². The number of aliphatic hydroxyl groups excluding tert-OH is 1. The van der Waals surface area contributed by atoms with Crippen LogP contribution >= 0.6 is 11.3 Å². The maximum absolute atomic E-state index is 12.0. The molecule has 1 aromatic rings. The van der Waals surface area contributed by atoms with Crippen molar-refractivity contribution in [2.45, 2.75) is 46.1 Å². The largest absolute Gasteiger partial charge is 0.393 e. The van der Waals surface area contributed by atoms with E-state index in [9.17, 15) is 9.90 Å². The van der Waals surface area contributed by atoms with E-state index in [4.69, 9.17) is 0 Å². The highest BCUT2D eigenvalue weighted by atomic mass is 32.1. The fourth-order valence-corrected chi connectivity index (χ4v) is 2.68. The Kier molecular flexibility index (Phi) is 5.82. The first-order valence-corrected chi connectivity index (χ1v) is 7.35. The van der Waals surface area contributed by atoms with Gasteiger partial charge in [0, 0.05) is 6.54 Å². The summed E-state index contributed by atoms with van der Waals surface area (Å²) in [5, 5.41) is 14.5. The van der Waals surface area contributed by atoms with Crippen molar-refractivity contribution in [2.75, 3.05) is 6.54 Å². The average Bonchev–Trinajstić information content (AvgIpc) is 2.77. The first kappa shape index (κ1) is 15.2. The Labute approximate surface area is 113 Å². The third kappa shape index (κ3) is 4.10. The average molecular weight is 269 g/mol. The lowest BCUT2D eigenvalue weighted by Crippen LogP contribution is -2.28. The Bertz CT molecular complexity index is 385. The first-order chi connectivity index (χ1) is 8.43. The molecule has 0 radical (unpaired) electrons. The zero-order valence-electron chi connectivity index (χ0n) is 11.6. The van der Waals surface area contributed by atoms with Crippen molar-refractivity contribution in [3.05, 3.63) is 21.9 Å². The fraction of sp³-hybridized carbons (Fsp3) is 0.643. The van der Waals surface area contributed by atoms with E-state index in [0.29, 0.717) is 18.9 Å². The zero-order valence-corrected chi connectivity index (χ0v) is 12.4. The topological polar surface area (TPSA) is 49.3 Å². The van der Waals surface area contributed by atoms with Crippen molar-refractivity contribution in [1.82, 2.24) is 5.32 Å². The molecule has 0 bridgehead atoms. The number of hydrogen-bond acceptors (Lipinski definition) is 3. The van der Waals surface area contributed by atoms with Gasteiger partial charge in [-0.15, -0.1) is 11.3 Å². The van der Waals surface area contributed by atoms with E-state index < -0.39 is 0 Å². The Balaban J connectivity index is 2.48. The molecule has 0 aliphatic heterocycles. The minimum Gasteiger partial charge on any atom is -0.393 e. The third-order valence-corrected chi connectivity index (χ3v) is 3.95. The number of hydrogen-bond donors (Lipinski definition) is 2. The summed E-state index contributed by atoms with van der Waals surface area (Å²) in [5.74, 6) is 0.567. The summed E-state index contributed by atoms with van der Waals surface area (Å²) in [7, 11) is 0. The molecule has 2 N–H and O–H groups in total. The van der Waals surface area contributed by atoms with E-state index >= 15 is 0 Å². The Hall–Kier alpha value is -0.870. The van der Waals surface area contributed by atoms with E-state index in [2.05, 4.69) is 19.2 Å². The van der Waals surface area contributed by atoms with Crippen molar-refractivity contribution >= 4 is 17.2 Å². The number of amides is 1. The highest BCUT2D eigenvalue weighted by Gasteiger charge is 2.15. The molecule has 0 saturated heterocycles. The van der Waals surface area contributed by atoms with Crippen molar-refractivity contribution < 1.29 is 9.90 Å². The Morgan fingerprint density at radius 3 is 2.61 bits per heavy atom. The number of carbonyl (C=O) groups is 1. The molecular weight excluding hydrogens is 246 g/mol. The van der Waals surface area contributed by atoms with E-state index in [1.54, 1.807) is 0 Å². The molecule has 18 heavy (non-hydrogen) atoms. The molecule has 0 aliphatic rings. The quantitative estimate of drug-likeness (QED) is 0.834. The second-order valence-corrected chi connectivity index (χ2v) is 6.13. The fourth-order valence-electron chi connectivity index (χ4n) is 1.71. The van der Waals surface area contributed by atoms with Crippen molar-refractivity contribution in [1.29, 1.82) is 0 Å². The van der Waals surface area contributed by atoms with Gasteiger partial charge in [-0.3, -0.25) is 4.79 Å². The minimum atomic E-state index is -0.349. The lowest BCUT2D eigenvalue weighted by atomic mass is 10.0. The van der Waals surface area contributed by atoms with Crippen LogP contribution in [0.25, 0.3) is 0 Å². The summed E-state index contributed by atoms with van der Waals surface area (Å²) < 4.78 is 0. The second-order valence-electron chi connectivity index (χ2n) is 5.22. The Morgan fingerprint density at radius 2 is 2.06 bits per heavy atom. The molecule has 4 heteroatoms. The van der Waals surface area contributed by atoms with E-state index in [1.807, 2.05) is 25.3 Å². The summed E-state index contributed by atoms with van der Waals surface area (Å²) in [6, 6.07) is 2.01. The highest BCUT2D eigenvalue weighted by molar-refractivity contribution is 7.12. The molecule has 0 aliphatic carbocycles. The number of rotatable bonds is 6. The molecule has 1 rings (SSSR count). The van der Waals surface area contributed by atoms with Gasteiger partial charge < -0.3 is 10.4 Å². The summed E-state index contributed by atoms with van der Waals surface area (Å²) in [4.78, 5) is 12.8. The molecule has 1 atom stereocenters. The molecule has 1 unspecified atom stereocenters. The number of aliphatic hydroxyl groups is 1. The first-order valence-electron chi connectivity index (χ1n) is 6.47. The van der Waals surface area contributed by atoms with Gasteiger partial charge in [0.05, 0.1) is 11.0 Å². The number of thiophene rings is 1. The highest BCUT2D eigenvalue weighted by Crippen LogP contribution is 2.24. The lowest BCUT2D eigenvalue weighted by Gasteiger charge is -2.14. The molecule has 1 aromatic heterocycles. The summed E-state index contributed by atoms with van der Waals surface area (Å²) in [6.07, 6.45) is 0.254. The van der Waals surface area contributed by atoms with Crippen LogP contribution in [0.5, 0.6) is 0 Å². The Morgan fingerprint density at radius 1 is 1.39 bits per heavy atom. The standard InChI is InChI=1S/C14H23NO2S/c1-9(2)11-6-8-18-13(11)14(17)15-7-5-12(16)10(3)4/h6,8-10,12,16H,5,7H2,1-4H3,(H,15,17). The smallest absolute Gasteiger partial charge is 0.261 e. The molecule has 102 valence electrons. The van der Waals surface area contributed by atoms with Crippen molar-refractivity contribution in [2.24, 2.45) is 5.92 Å². The van der Waals surface area contributed by atoms with Gasteiger partial charge in [-0.2, -0.15) is 0 Å². The lowest BCUT2D eigenvalue weighted by molar-refractivity contribution is 0.0923. The van der Waals surface area contributed by atoms with Gasteiger partial charge in [-0.1, -0.05) is 27.7 Å². The monoisotopic (exact) mass is 269 g/mol. The van der Waals surface area contributed by atoms with Crippen LogP contribution < -0.4 is 5.32 Å². The van der Waals surface area contributed by atoms with Crippen LogP contribution in [0.4, 0.5) is 0 Å². The number of carbonyl (C=O) groups excluding carboxylic acids is 1. The van der Waals surface area contributed by atoms with Crippen LogP contribution in [0.3, 0.4) is 0 Å². The third-order valence-electron chi connectivity index (χ3n) is 3.02. The second kappa shape index (κ2) is 6.90. The van der Waals surface area contributed by atoms with Crippen LogP contribution in [-0.2, 0) is 0 Å². The summed E-state index contributed by atoms with van der Waals surface area (Å²) in [5.41, 5.74) is 1.10. The summed E-state index contributed by atoms with van der Waals surface area (Å²) >= 11 is 1.48. The molecule has 1 amide bonds. The van der Waals surface area contributed by atoms with Crippen molar-refractivity contribution in [3.63, 3.8) is 0 Å². The van der Waals surface area contributed by atoms with Crippen LogP contribution in [0.1, 0.15) is 55.3 Å². The van der Waals surface area contributed by atoms with E-state index in [-0.39, 0.29) is 17.9 Å². The van der Waals surface area contributed by atoms with Crippen molar-refractivity contribution in [3.8, 4) is 0 Å². The number of nitrogens with one attached hydrogen (secondary N) is 1. The molecular formula is C14H23NO2S. The van der Waals surface area contributed by atoms with Gasteiger partial charge in [-0.05, 0) is 35.3 Å². The van der Waals surface area contributed by atoms with Gasteiger partial charge in [0.25, 0.3) is 5.91 Å². The maximum atomic E-state index is 12.0.